The van der Waals surface area contributed by atoms with E-state index in [0.717, 1.165) is 51.7 Å². The van der Waals surface area contributed by atoms with Gasteiger partial charge < -0.3 is 9.47 Å². The summed E-state index contributed by atoms with van der Waals surface area (Å²) in [4.78, 5) is 6.71. The first-order valence-electron chi connectivity index (χ1n) is 22.3. The van der Waals surface area contributed by atoms with E-state index in [1.165, 1.54) is 147 Å². The van der Waals surface area contributed by atoms with Crippen LogP contribution in [0.5, 0.6) is 0 Å². The van der Waals surface area contributed by atoms with Crippen LogP contribution >= 0.6 is 0 Å². The predicted molar refractivity (Wildman–Crippen MR) is 225 cm³/mol. The largest absolute Gasteiger partial charge is 0.343 e. The van der Waals surface area contributed by atoms with Gasteiger partial charge in [-0.15, -0.1) is 0 Å². The fourth-order valence-electron chi connectivity index (χ4n) is 7.77. The molecule has 3 heterocycles. The summed E-state index contributed by atoms with van der Waals surface area (Å²) in [5.74, 6) is -0.350. The van der Waals surface area contributed by atoms with Crippen LogP contribution in [0.25, 0.3) is 0 Å². The lowest BCUT2D eigenvalue weighted by Crippen LogP contribution is -2.36. The van der Waals surface area contributed by atoms with E-state index in [4.69, 9.17) is 9.47 Å². The van der Waals surface area contributed by atoms with E-state index in [1.807, 2.05) is 12.4 Å². The number of nitrogens with zero attached hydrogens (tertiary/aromatic N) is 2. The summed E-state index contributed by atoms with van der Waals surface area (Å²) in [5, 5.41) is 0. The van der Waals surface area contributed by atoms with Crippen molar-refractivity contribution < 1.29 is 9.47 Å². The van der Waals surface area contributed by atoms with E-state index in [1.54, 1.807) is 0 Å². The van der Waals surface area contributed by atoms with Gasteiger partial charge in [0.25, 0.3) is 0 Å². The molecule has 0 saturated carbocycles. The topological polar surface area (TPSA) is 34.6 Å². The van der Waals surface area contributed by atoms with Gasteiger partial charge in [0, 0.05) is 44.9 Å². The molecule has 0 bridgehead atoms. The molecule has 2 fully saturated rings. The average molecular weight is 717 g/mol. The second-order valence-corrected chi connectivity index (χ2v) is 15.8. The molecule has 0 unspecified atom stereocenters. The van der Waals surface area contributed by atoms with Crippen molar-refractivity contribution in [2.24, 2.45) is 0 Å². The summed E-state index contributed by atoms with van der Waals surface area (Å²) in [6.45, 7) is 7.61. The standard InChI is InChI=1S/C48H80N2O2/c1-3-5-7-9-11-13-15-17-19-21-23-25-27-29-31-33-38-48(39-34-32-30-28-26-24-22-20-18-16-14-12-10-8-6-4-2)51-46-43-50(44-47(46)52-48)42-37-45-35-40-49-41-36-45/h11-14,17-20,35-36,40-41,46-47H,3-10,15-16,21-34,37-39,42-44H2,1-2H3/t46-,47-/m0/s1. The molecule has 1 aromatic heterocycles. The van der Waals surface area contributed by atoms with E-state index in [2.05, 4.69) is 84.5 Å². The van der Waals surface area contributed by atoms with Crippen molar-refractivity contribution in [2.75, 3.05) is 19.6 Å². The van der Waals surface area contributed by atoms with Crippen LogP contribution in [0.15, 0.2) is 73.1 Å². The first kappa shape index (κ1) is 44.4. The van der Waals surface area contributed by atoms with Crippen LogP contribution in [-0.4, -0.2) is 47.5 Å². The Morgan fingerprint density at radius 1 is 0.558 bits per heavy atom. The van der Waals surface area contributed by atoms with E-state index >= 15 is 0 Å². The second-order valence-electron chi connectivity index (χ2n) is 15.8. The summed E-state index contributed by atoms with van der Waals surface area (Å²) in [6.07, 6.45) is 57.2. The van der Waals surface area contributed by atoms with Crippen molar-refractivity contribution in [3.8, 4) is 0 Å². The zero-order chi connectivity index (χ0) is 36.6. The number of allylic oxidation sites excluding steroid dienone is 8. The van der Waals surface area contributed by atoms with Crippen molar-refractivity contribution in [1.29, 1.82) is 0 Å². The zero-order valence-corrected chi connectivity index (χ0v) is 34.0. The minimum Gasteiger partial charge on any atom is -0.343 e. The maximum atomic E-state index is 6.91. The average Bonchev–Trinajstić information content (AvgIpc) is 3.70. The Hall–Kier alpha value is -2.01. The van der Waals surface area contributed by atoms with Crippen LogP contribution in [0.3, 0.4) is 0 Å². The molecular formula is C48H80N2O2. The lowest BCUT2D eigenvalue weighted by molar-refractivity contribution is -0.193. The molecule has 52 heavy (non-hydrogen) atoms. The SMILES string of the molecule is CCCCCC=CCC=CCCCCCCCCC1(CCCCCCCCC=CCC=CCCCCC)O[C@H]2CN(CCc3ccncc3)C[C@@H]2O1. The Kier molecular flexibility index (Phi) is 25.9. The molecule has 2 aliphatic heterocycles. The molecule has 2 atom stereocenters. The van der Waals surface area contributed by atoms with E-state index < -0.39 is 0 Å². The van der Waals surface area contributed by atoms with Crippen LogP contribution in [0.2, 0.25) is 0 Å². The Balaban J connectivity index is 1.28. The van der Waals surface area contributed by atoms with Gasteiger partial charge in [0.2, 0.25) is 0 Å². The fourth-order valence-corrected chi connectivity index (χ4v) is 7.77. The number of hydrogen-bond acceptors (Lipinski definition) is 4. The summed E-state index contributed by atoms with van der Waals surface area (Å²) in [5.41, 5.74) is 1.36. The molecule has 4 heteroatoms. The maximum absolute atomic E-state index is 6.91. The molecule has 0 aromatic carbocycles. The summed E-state index contributed by atoms with van der Waals surface area (Å²) >= 11 is 0. The van der Waals surface area contributed by atoms with Crippen molar-refractivity contribution in [1.82, 2.24) is 9.88 Å². The molecule has 2 saturated heterocycles. The molecule has 2 aliphatic rings. The van der Waals surface area contributed by atoms with Gasteiger partial charge in [0.15, 0.2) is 5.79 Å². The number of aromatic nitrogens is 1. The molecule has 0 aliphatic carbocycles. The number of pyridine rings is 1. The first-order chi connectivity index (χ1) is 25.7. The molecule has 0 radical (unpaired) electrons. The molecule has 4 nitrogen and oxygen atoms in total. The highest BCUT2D eigenvalue weighted by atomic mass is 16.8. The Morgan fingerprint density at radius 3 is 1.40 bits per heavy atom. The molecule has 294 valence electrons. The predicted octanol–water partition coefficient (Wildman–Crippen LogP) is 13.8. The molecule has 0 amide bonds. The minimum atomic E-state index is -0.350. The van der Waals surface area contributed by atoms with Gasteiger partial charge in [0.05, 0.1) is 0 Å². The molecule has 1 aromatic rings. The lowest BCUT2D eigenvalue weighted by Gasteiger charge is -2.31. The van der Waals surface area contributed by atoms with Crippen LogP contribution in [-0.2, 0) is 15.9 Å². The van der Waals surface area contributed by atoms with Gasteiger partial charge in [-0.3, -0.25) is 9.88 Å². The van der Waals surface area contributed by atoms with Crippen LogP contribution in [0.1, 0.15) is 186 Å². The summed E-state index contributed by atoms with van der Waals surface area (Å²) in [6, 6.07) is 4.27. The van der Waals surface area contributed by atoms with Crippen LogP contribution in [0, 0.1) is 0 Å². The lowest BCUT2D eigenvalue weighted by atomic mass is 9.98. The highest BCUT2D eigenvalue weighted by molar-refractivity contribution is 5.10. The number of ether oxygens (including phenoxy) is 2. The number of hydrogen-bond donors (Lipinski definition) is 0. The fraction of sp³-hybridized carbons (Fsp3) is 0.729. The molecular weight excluding hydrogens is 637 g/mol. The van der Waals surface area contributed by atoms with Gasteiger partial charge in [-0.25, -0.2) is 0 Å². The summed E-state index contributed by atoms with van der Waals surface area (Å²) in [7, 11) is 0. The second kappa shape index (κ2) is 30.3. The third kappa shape index (κ3) is 21.0. The van der Waals surface area contributed by atoms with E-state index in [-0.39, 0.29) is 18.0 Å². The Bertz CT molecular complexity index is 1020. The maximum Gasteiger partial charge on any atom is 0.169 e. The molecule has 0 N–H and O–H groups in total. The third-order valence-corrected chi connectivity index (χ3v) is 11.0. The molecule has 3 rings (SSSR count). The minimum absolute atomic E-state index is 0.228. The van der Waals surface area contributed by atoms with E-state index in [0.29, 0.717) is 0 Å². The van der Waals surface area contributed by atoms with Crippen molar-refractivity contribution in [2.45, 2.75) is 205 Å². The van der Waals surface area contributed by atoms with Gasteiger partial charge in [-0.05, 0) is 101 Å². The number of unbranched alkanes of at least 4 members (excludes halogenated alkanes) is 18. The number of fused-ring (bicyclic) bond motifs is 1. The van der Waals surface area contributed by atoms with Crippen molar-refractivity contribution in [3.63, 3.8) is 0 Å². The highest BCUT2D eigenvalue weighted by Crippen LogP contribution is 2.40. The smallest absolute Gasteiger partial charge is 0.169 e. The van der Waals surface area contributed by atoms with Gasteiger partial charge in [0.1, 0.15) is 12.2 Å². The number of rotatable bonds is 33. The van der Waals surface area contributed by atoms with Crippen molar-refractivity contribution >= 4 is 0 Å². The quantitative estimate of drug-likeness (QED) is 0.0536. The summed E-state index contributed by atoms with van der Waals surface area (Å²) < 4.78 is 13.8. The zero-order valence-electron chi connectivity index (χ0n) is 34.0. The van der Waals surface area contributed by atoms with Gasteiger partial charge >= 0.3 is 0 Å². The normalized spacial score (nSPS) is 19.0. The van der Waals surface area contributed by atoms with Crippen LogP contribution < -0.4 is 0 Å². The Morgan fingerprint density at radius 2 is 0.962 bits per heavy atom. The Labute approximate surface area is 322 Å². The van der Waals surface area contributed by atoms with Gasteiger partial charge in [-0.2, -0.15) is 0 Å². The van der Waals surface area contributed by atoms with E-state index in [9.17, 15) is 0 Å². The number of likely N-dealkylation sites (tertiary alicyclic amines) is 1. The van der Waals surface area contributed by atoms with Crippen LogP contribution in [0.4, 0.5) is 0 Å². The highest BCUT2D eigenvalue weighted by Gasteiger charge is 2.50. The van der Waals surface area contributed by atoms with Gasteiger partial charge in [-0.1, -0.05) is 140 Å². The van der Waals surface area contributed by atoms with Crippen molar-refractivity contribution in [3.05, 3.63) is 78.7 Å². The monoisotopic (exact) mass is 717 g/mol. The first-order valence-corrected chi connectivity index (χ1v) is 22.3. The molecule has 0 spiro atoms. The third-order valence-electron chi connectivity index (χ3n) is 11.0.